The lowest BCUT2D eigenvalue weighted by Gasteiger charge is -2.07. The molecule has 0 amide bonds. The van der Waals surface area contributed by atoms with Gasteiger partial charge in [-0.25, -0.2) is 13.4 Å². The lowest BCUT2D eigenvalue weighted by Crippen LogP contribution is -2.13. The van der Waals surface area contributed by atoms with Gasteiger partial charge in [-0.1, -0.05) is 23.8 Å². The third-order valence-electron chi connectivity index (χ3n) is 3.37. The highest BCUT2D eigenvalue weighted by Crippen LogP contribution is 2.30. The van der Waals surface area contributed by atoms with Gasteiger partial charge in [0.15, 0.2) is 15.6 Å². The van der Waals surface area contributed by atoms with E-state index in [1.54, 1.807) is 45.1 Å². The summed E-state index contributed by atoms with van der Waals surface area (Å²) in [6.07, 6.45) is 3.33. The molecule has 0 N–H and O–H groups in total. The van der Waals surface area contributed by atoms with E-state index in [-0.39, 0.29) is 11.6 Å². The molecule has 1 atom stereocenters. The maximum absolute atomic E-state index is 12.2. The van der Waals surface area contributed by atoms with Gasteiger partial charge in [0.1, 0.15) is 5.25 Å². The summed E-state index contributed by atoms with van der Waals surface area (Å²) in [5.74, 6) is 0.759. The average Bonchev–Trinajstić information content (AvgIpc) is 2.87. The van der Waals surface area contributed by atoms with Crippen LogP contribution in [-0.4, -0.2) is 19.2 Å². The molecule has 0 fully saturated rings. The molecule has 4 nitrogen and oxygen atoms in total. The van der Waals surface area contributed by atoms with Crippen molar-refractivity contribution in [1.29, 1.82) is 0 Å². The second kappa shape index (κ2) is 6.67. The molecule has 0 bridgehead atoms. The van der Waals surface area contributed by atoms with Gasteiger partial charge in [0, 0.05) is 10.6 Å². The van der Waals surface area contributed by atoms with Crippen LogP contribution < -0.4 is 0 Å². The zero-order valence-corrected chi connectivity index (χ0v) is 14.3. The van der Waals surface area contributed by atoms with Gasteiger partial charge in [-0.05, 0) is 45.0 Å². The van der Waals surface area contributed by atoms with Crippen molar-refractivity contribution in [3.63, 3.8) is 0 Å². The maximum Gasteiger partial charge on any atom is 0.213 e. The number of aryl methyl sites for hydroxylation is 1. The zero-order chi connectivity index (χ0) is 16.3. The molecule has 1 aromatic heterocycles. The summed E-state index contributed by atoms with van der Waals surface area (Å²) in [7, 11) is -3.33. The number of oxazole rings is 1. The number of aromatic nitrogens is 1. The number of benzene rings is 1. The monoisotopic (exact) mass is 339 g/mol. The molecule has 6 heteroatoms. The number of hydrogen-bond acceptors (Lipinski definition) is 4. The van der Waals surface area contributed by atoms with E-state index in [0.717, 1.165) is 5.56 Å². The standard InChI is InChI=1S/C16H18ClNO3S/c1-4-5-10-22(19,20)12(3)16-18-11(2)15(21-16)13-6-8-14(17)9-7-13/h4-9,12H,10H2,1-3H3/b5-4+. The lowest BCUT2D eigenvalue weighted by atomic mass is 10.1. The zero-order valence-electron chi connectivity index (χ0n) is 12.7. The molecular formula is C16H18ClNO3S. The minimum Gasteiger partial charge on any atom is -0.439 e. The predicted molar refractivity (Wildman–Crippen MR) is 88.7 cm³/mol. The molecule has 0 saturated carbocycles. The Bertz CT molecular complexity index is 776. The fraction of sp³-hybridized carbons (Fsp3) is 0.312. The Hall–Kier alpha value is -1.59. The van der Waals surface area contributed by atoms with E-state index in [1.165, 1.54) is 0 Å². The molecule has 1 heterocycles. The van der Waals surface area contributed by atoms with Crippen LogP contribution in [0.4, 0.5) is 0 Å². The third kappa shape index (κ3) is 3.59. The maximum atomic E-state index is 12.2. The van der Waals surface area contributed by atoms with Crippen molar-refractivity contribution < 1.29 is 12.8 Å². The molecule has 0 spiro atoms. The van der Waals surface area contributed by atoms with Crippen LogP contribution >= 0.6 is 11.6 Å². The molecule has 0 aliphatic rings. The molecule has 0 saturated heterocycles. The highest BCUT2D eigenvalue weighted by molar-refractivity contribution is 7.91. The van der Waals surface area contributed by atoms with Gasteiger partial charge < -0.3 is 4.42 Å². The summed E-state index contributed by atoms with van der Waals surface area (Å²) < 4.78 is 30.2. The van der Waals surface area contributed by atoms with Crippen molar-refractivity contribution in [3.05, 3.63) is 53.0 Å². The summed E-state index contributed by atoms with van der Waals surface area (Å²) in [6, 6.07) is 7.15. The molecule has 2 aromatic rings. The normalized spacial score (nSPS) is 13.6. The van der Waals surface area contributed by atoms with Crippen LogP contribution in [0.1, 0.15) is 30.7 Å². The molecule has 118 valence electrons. The van der Waals surface area contributed by atoms with E-state index in [0.29, 0.717) is 16.5 Å². The second-order valence-electron chi connectivity index (χ2n) is 5.01. The van der Waals surface area contributed by atoms with Crippen LogP contribution in [0.5, 0.6) is 0 Å². The minimum atomic E-state index is -3.33. The summed E-state index contributed by atoms with van der Waals surface area (Å²) >= 11 is 5.87. The van der Waals surface area contributed by atoms with Crippen LogP contribution in [0.15, 0.2) is 40.8 Å². The Morgan fingerprint density at radius 2 is 1.95 bits per heavy atom. The van der Waals surface area contributed by atoms with Crippen molar-refractivity contribution in [3.8, 4) is 11.3 Å². The SMILES string of the molecule is C/C=C/CS(=O)(=O)C(C)c1nc(C)c(-c2ccc(Cl)cc2)o1. The van der Waals surface area contributed by atoms with E-state index in [4.69, 9.17) is 16.0 Å². The van der Waals surface area contributed by atoms with Gasteiger partial charge in [0.25, 0.3) is 0 Å². The van der Waals surface area contributed by atoms with Crippen molar-refractivity contribution in [1.82, 2.24) is 4.98 Å². The molecule has 0 aliphatic carbocycles. The van der Waals surface area contributed by atoms with Crippen molar-refractivity contribution in [2.24, 2.45) is 0 Å². The Morgan fingerprint density at radius 3 is 2.55 bits per heavy atom. The quantitative estimate of drug-likeness (QED) is 0.759. The largest absolute Gasteiger partial charge is 0.439 e. The first-order chi connectivity index (χ1) is 10.3. The van der Waals surface area contributed by atoms with Crippen molar-refractivity contribution >= 4 is 21.4 Å². The minimum absolute atomic E-state index is 0.0254. The molecule has 2 rings (SSSR count). The van der Waals surface area contributed by atoms with Crippen LogP contribution in [0.2, 0.25) is 5.02 Å². The van der Waals surface area contributed by atoms with Gasteiger partial charge in [-0.15, -0.1) is 0 Å². The highest BCUT2D eigenvalue weighted by Gasteiger charge is 2.27. The van der Waals surface area contributed by atoms with Gasteiger partial charge >= 0.3 is 0 Å². The summed E-state index contributed by atoms with van der Waals surface area (Å²) in [6.45, 7) is 5.17. The smallest absolute Gasteiger partial charge is 0.213 e. The number of allylic oxidation sites excluding steroid dienone is 1. The molecule has 0 radical (unpaired) electrons. The summed E-state index contributed by atoms with van der Waals surface area (Å²) in [4.78, 5) is 4.28. The molecule has 22 heavy (non-hydrogen) atoms. The van der Waals surface area contributed by atoms with E-state index in [2.05, 4.69) is 4.98 Å². The first-order valence-electron chi connectivity index (χ1n) is 6.91. The van der Waals surface area contributed by atoms with E-state index in [1.807, 2.05) is 12.1 Å². The number of halogens is 1. The predicted octanol–water partition coefficient (Wildman–Crippen LogP) is 4.36. The van der Waals surface area contributed by atoms with Crippen LogP contribution in [-0.2, 0) is 9.84 Å². The van der Waals surface area contributed by atoms with Gasteiger partial charge in [0.2, 0.25) is 5.89 Å². The lowest BCUT2D eigenvalue weighted by molar-refractivity contribution is 0.495. The summed E-state index contributed by atoms with van der Waals surface area (Å²) in [5.41, 5.74) is 1.48. The van der Waals surface area contributed by atoms with Crippen molar-refractivity contribution in [2.75, 3.05) is 5.75 Å². The van der Waals surface area contributed by atoms with E-state index < -0.39 is 15.1 Å². The van der Waals surface area contributed by atoms with Crippen LogP contribution in [0.3, 0.4) is 0 Å². The number of nitrogens with zero attached hydrogens (tertiary/aromatic N) is 1. The van der Waals surface area contributed by atoms with Gasteiger partial charge in [-0.3, -0.25) is 0 Å². The molecule has 1 aromatic carbocycles. The van der Waals surface area contributed by atoms with Crippen LogP contribution in [0, 0.1) is 6.92 Å². The Morgan fingerprint density at radius 1 is 1.32 bits per heavy atom. The highest BCUT2D eigenvalue weighted by atomic mass is 35.5. The summed E-state index contributed by atoms with van der Waals surface area (Å²) in [5, 5.41) is -0.160. The number of sulfone groups is 1. The molecule has 0 aliphatic heterocycles. The number of hydrogen-bond donors (Lipinski definition) is 0. The van der Waals surface area contributed by atoms with E-state index in [9.17, 15) is 8.42 Å². The van der Waals surface area contributed by atoms with Gasteiger partial charge in [-0.2, -0.15) is 0 Å². The fourth-order valence-electron chi connectivity index (χ4n) is 1.99. The van der Waals surface area contributed by atoms with Crippen LogP contribution in [0.25, 0.3) is 11.3 Å². The third-order valence-corrected chi connectivity index (χ3v) is 5.56. The first-order valence-corrected chi connectivity index (χ1v) is 9.00. The average molecular weight is 340 g/mol. The van der Waals surface area contributed by atoms with Gasteiger partial charge in [0.05, 0.1) is 11.4 Å². The topological polar surface area (TPSA) is 60.2 Å². The first kappa shape index (κ1) is 16.8. The molecule has 1 unspecified atom stereocenters. The van der Waals surface area contributed by atoms with E-state index >= 15 is 0 Å². The Labute approximate surface area is 135 Å². The Kier molecular flexibility index (Phi) is 5.08. The van der Waals surface area contributed by atoms with Crippen molar-refractivity contribution in [2.45, 2.75) is 26.0 Å². The second-order valence-corrected chi connectivity index (χ2v) is 7.82. The fourth-order valence-corrected chi connectivity index (χ4v) is 3.27. The Balaban J connectivity index is 2.35. The number of rotatable bonds is 5. The molecular weight excluding hydrogens is 322 g/mol.